The van der Waals surface area contributed by atoms with Gasteiger partial charge in [-0.15, -0.1) is 0 Å². The largest absolute Gasteiger partial charge is 0.345 e. The summed E-state index contributed by atoms with van der Waals surface area (Å²) in [5, 5.41) is 0. The number of hydrogen-bond acceptors (Lipinski definition) is 10. The van der Waals surface area contributed by atoms with E-state index in [9.17, 15) is 9.59 Å². The van der Waals surface area contributed by atoms with Crippen molar-refractivity contribution in [2.45, 2.75) is 153 Å². The molecule has 16 atom stereocenters. The second-order valence-corrected chi connectivity index (χ2v) is 17.7. The molecular formula is C40H54O10. The minimum absolute atomic E-state index is 0.00779. The van der Waals surface area contributed by atoms with Crippen molar-refractivity contribution < 1.29 is 48.1 Å². The number of hydrogen-bond donors (Lipinski definition) is 0. The molecule has 2 spiro atoms. The van der Waals surface area contributed by atoms with E-state index < -0.39 is 35.4 Å². The number of fused-ring (bicyclic) bond motifs is 4. The van der Waals surface area contributed by atoms with Crippen molar-refractivity contribution in [3.05, 3.63) is 35.4 Å². The van der Waals surface area contributed by atoms with E-state index in [0.717, 1.165) is 51.4 Å². The van der Waals surface area contributed by atoms with Gasteiger partial charge in [0.05, 0.1) is 12.2 Å². The zero-order valence-electron chi connectivity index (χ0n) is 30.4. The van der Waals surface area contributed by atoms with Crippen molar-refractivity contribution in [2.75, 3.05) is 0 Å². The summed E-state index contributed by atoms with van der Waals surface area (Å²) in [7, 11) is 0. The lowest BCUT2D eigenvalue weighted by atomic mass is 9.57. The first kappa shape index (κ1) is 34.0. The lowest BCUT2D eigenvalue weighted by Gasteiger charge is -2.60. The molecular weight excluding hydrogens is 640 g/mol. The van der Waals surface area contributed by atoms with Crippen molar-refractivity contribution in [1.82, 2.24) is 0 Å². The van der Waals surface area contributed by atoms with Crippen LogP contribution in [-0.2, 0) is 38.5 Å². The Morgan fingerprint density at radius 3 is 1.38 bits per heavy atom. The quantitative estimate of drug-likeness (QED) is 0.222. The average Bonchev–Trinajstić information content (AvgIpc) is 3.47. The third kappa shape index (κ3) is 4.95. The summed E-state index contributed by atoms with van der Waals surface area (Å²) in [6, 6.07) is 7.10. The van der Waals surface area contributed by atoms with E-state index in [2.05, 4.69) is 27.7 Å². The summed E-state index contributed by atoms with van der Waals surface area (Å²) in [6.45, 7) is 12.8. The van der Waals surface area contributed by atoms with Crippen LogP contribution in [-0.4, -0.2) is 59.1 Å². The van der Waals surface area contributed by atoms with E-state index in [1.165, 1.54) is 0 Å². The normalized spacial score (nSPS) is 52.0. The van der Waals surface area contributed by atoms with Crippen LogP contribution in [0.25, 0.3) is 0 Å². The number of ketones is 2. The highest BCUT2D eigenvalue weighted by atomic mass is 17.3. The van der Waals surface area contributed by atoms with E-state index in [-0.39, 0.29) is 72.1 Å². The highest BCUT2D eigenvalue weighted by Crippen LogP contribution is 2.62. The molecule has 0 radical (unpaired) electrons. The number of ether oxygens (including phenoxy) is 4. The molecule has 0 aromatic heterocycles. The van der Waals surface area contributed by atoms with Crippen molar-refractivity contribution >= 4 is 11.6 Å². The van der Waals surface area contributed by atoms with Crippen LogP contribution in [0.2, 0.25) is 0 Å². The number of benzene rings is 1. The first-order chi connectivity index (χ1) is 23.9. The highest BCUT2D eigenvalue weighted by molar-refractivity contribution is 5.99. The highest BCUT2D eigenvalue weighted by Gasteiger charge is 2.71. The fourth-order valence-electron chi connectivity index (χ4n) is 11.9. The molecule has 2 saturated carbocycles. The first-order valence-electron chi connectivity index (χ1n) is 19.4. The van der Waals surface area contributed by atoms with E-state index in [4.69, 9.17) is 38.5 Å². The van der Waals surface area contributed by atoms with Crippen LogP contribution in [0.5, 0.6) is 0 Å². The lowest BCUT2D eigenvalue weighted by molar-refractivity contribution is -0.571. The van der Waals surface area contributed by atoms with Crippen LogP contribution in [0, 0.1) is 47.3 Å². The Morgan fingerprint density at radius 1 is 0.580 bits per heavy atom. The minimum atomic E-state index is -0.850. The third-order valence-corrected chi connectivity index (χ3v) is 14.9. The molecule has 7 unspecified atom stereocenters. The molecule has 8 saturated heterocycles. The number of rotatable bonds is 6. The second-order valence-electron chi connectivity index (χ2n) is 17.7. The van der Waals surface area contributed by atoms with Gasteiger partial charge >= 0.3 is 0 Å². The molecule has 10 fully saturated rings. The summed E-state index contributed by atoms with van der Waals surface area (Å²) >= 11 is 0. The van der Waals surface area contributed by atoms with Crippen molar-refractivity contribution in [2.24, 2.45) is 47.3 Å². The molecule has 0 N–H and O–H groups in total. The Kier molecular flexibility index (Phi) is 8.08. The number of carbonyl (C=O) groups excluding carboxylic acids is 2. The average molecular weight is 695 g/mol. The van der Waals surface area contributed by atoms with E-state index >= 15 is 0 Å². The van der Waals surface area contributed by atoms with E-state index in [1.807, 2.05) is 13.8 Å². The van der Waals surface area contributed by atoms with Crippen LogP contribution in [0.1, 0.15) is 126 Å². The summed E-state index contributed by atoms with van der Waals surface area (Å²) in [5.41, 5.74) is -0.149. The smallest absolute Gasteiger partial charge is 0.201 e. The van der Waals surface area contributed by atoms with Gasteiger partial charge in [0.15, 0.2) is 35.3 Å². The van der Waals surface area contributed by atoms with Gasteiger partial charge in [0.25, 0.3) is 0 Å². The molecule has 8 heterocycles. The first-order valence-corrected chi connectivity index (χ1v) is 19.4. The van der Waals surface area contributed by atoms with Crippen molar-refractivity contribution in [3.8, 4) is 0 Å². The Balaban J connectivity index is 0.878. The van der Waals surface area contributed by atoms with Crippen LogP contribution in [0.3, 0.4) is 0 Å². The molecule has 4 bridgehead atoms. The Morgan fingerprint density at radius 2 is 0.980 bits per heavy atom. The maximum atomic E-state index is 13.7. The maximum absolute atomic E-state index is 13.7. The molecule has 0 amide bonds. The van der Waals surface area contributed by atoms with Crippen LogP contribution >= 0.6 is 0 Å². The number of carbonyl (C=O) groups is 2. The Hall–Kier alpha value is -1.76. The Bertz CT molecular complexity index is 1400. The van der Waals surface area contributed by atoms with Gasteiger partial charge < -0.3 is 18.9 Å². The summed E-state index contributed by atoms with van der Waals surface area (Å²) in [6.07, 6.45) is 6.38. The topological polar surface area (TPSA) is 108 Å². The van der Waals surface area contributed by atoms with Crippen LogP contribution in [0.4, 0.5) is 0 Å². The predicted octanol–water partition coefficient (Wildman–Crippen LogP) is 7.33. The lowest BCUT2D eigenvalue weighted by Crippen LogP contribution is -2.70. The zero-order valence-corrected chi connectivity index (χ0v) is 30.4. The SMILES string of the molecule is C[C@H]1[C@H](CC(=O)c2ccc(C(=O)CC3OC4OC5(C)CC[C@H]6[C@H](C)CC[C@@H]([C@H]3C)C46OO5)cc2)OC2OC3(C)CC[C@H]4[C@H](C)CC[C@@H]1C24OO3. The molecule has 1 aromatic rings. The van der Waals surface area contributed by atoms with Crippen LogP contribution in [0.15, 0.2) is 24.3 Å². The van der Waals surface area contributed by atoms with Gasteiger partial charge in [-0.3, -0.25) is 9.59 Å². The van der Waals surface area contributed by atoms with Gasteiger partial charge in [0.2, 0.25) is 11.6 Å². The maximum Gasteiger partial charge on any atom is 0.201 e. The molecule has 2 aliphatic carbocycles. The van der Waals surface area contributed by atoms with Gasteiger partial charge in [-0.2, -0.15) is 0 Å². The van der Waals surface area contributed by atoms with Crippen molar-refractivity contribution in [3.63, 3.8) is 0 Å². The van der Waals surface area contributed by atoms with Gasteiger partial charge in [-0.1, -0.05) is 52.0 Å². The van der Waals surface area contributed by atoms with Crippen molar-refractivity contribution in [1.29, 1.82) is 0 Å². The van der Waals surface area contributed by atoms with E-state index in [0.29, 0.717) is 23.0 Å². The van der Waals surface area contributed by atoms with E-state index in [1.54, 1.807) is 24.3 Å². The second kappa shape index (κ2) is 11.9. The molecule has 10 nitrogen and oxygen atoms in total. The fourth-order valence-corrected chi connectivity index (χ4v) is 11.9. The summed E-state index contributed by atoms with van der Waals surface area (Å²) in [4.78, 5) is 51.9. The third-order valence-electron chi connectivity index (χ3n) is 14.9. The molecule has 8 aliphatic heterocycles. The molecule has 11 rings (SSSR count). The van der Waals surface area contributed by atoms with Gasteiger partial charge in [0, 0.05) is 48.6 Å². The van der Waals surface area contributed by atoms with Crippen LogP contribution < -0.4 is 0 Å². The molecule has 1 aromatic carbocycles. The molecule has 10 aliphatic rings. The minimum Gasteiger partial charge on any atom is -0.345 e. The molecule has 50 heavy (non-hydrogen) atoms. The summed E-state index contributed by atoms with van der Waals surface area (Å²) < 4.78 is 26.3. The predicted molar refractivity (Wildman–Crippen MR) is 178 cm³/mol. The number of Topliss-reactive ketones (excluding diaryl/α,β-unsaturated/α-hetero) is 2. The summed E-state index contributed by atoms with van der Waals surface area (Å²) in [5.74, 6) is 0.342. The zero-order chi connectivity index (χ0) is 34.8. The molecule has 10 heteroatoms. The van der Waals surface area contributed by atoms with Gasteiger partial charge in [-0.05, 0) is 87.9 Å². The Labute approximate surface area is 295 Å². The monoisotopic (exact) mass is 694 g/mol. The fraction of sp³-hybridized carbons (Fsp3) is 0.800. The van der Waals surface area contributed by atoms with Gasteiger partial charge in [0.1, 0.15) is 0 Å². The molecule has 274 valence electrons. The standard InChI is InChI=1S/C40H54O10/c1-21-7-13-29-23(3)33(43-35-39(29)27(21)15-17-37(5,45-35)47-49-39)19-31(41)25-9-11-26(12-10-25)32(42)20-34-24(4)30-14-8-22(2)28-16-18-38(6)46-36(44-34)40(28,30)50-48-38/h9-12,21-24,27-30,33-36H,7-8,13-20H2,1-6H3/t21-,22-,23-,24-,27+,28+,29+,30+,33+,34?,35?,36?,37?,38?,39?,40?/m1/s1. The van der Waals surface area contributed by atoms with Gasteiger partial charge in [-0.25, -0.2) is 19.6 Å².